The Bertz CT molecular complexity index is 481. The molecule has 0 bridgehead atoms. The van der Waals surface area contributed by atoms with Gasteiger partial charge in [-0.3, -0.25) is 4.99 Å². The van der Waals surface area contributed by atoms with Gasteiger partial charge in [0, 0.05) is 18.5 Å². The minimum absolute atomic E-state index is 0.332. The molecule has 0 amide bonds. The normalized spacial score (nSPS) is 26.7. The maximum Gasteiger partial charge on any atom is 0.223 e. The highest BCUT2D eigenvalue weighted by atomic mass is 16.5. The third kappa shape index (κ3) is 2.02. The molecule has 0 radical (unpaired) electrons. The Morgan fingerprint density at radius 1 is 1.33 bits per heavy atom. The van der Waals surface area contributed by atoms with Crippen LogP contribution in [0.15, 0.2) is 17.3 Å². The Kier molecular flexibility index (Phi) is 3.06. The van der Waals surface area contributed by atoms with E-state index in [1.807, 2.05) is 6.20 Å². The second-order valence-electron chi connectivity index (χ2n) is 5.43. The second-order valence-corrected chi connectivity index (χ2v) is 5.43. The molecule has 1 aromatic heterocycles. The van der Waals surface area contributed by atoms with Crippen LogP contribution in [0, 0.1) is 5.92 Å². The zero-order valence-corrected chi connectivity index (χ0v) is 11.1. The first kappa shape index (κ1) is 11.7. The molecule has 0 saturated heterocycles. The van der Waals surface area contributed by atoms with Gasteiger partial charge in [-0.25, -0.2) is 4.98 Å². The van der Waals surface area contributed by atoms with E-state index in [0.29, 0.717) is 12.0 Å². The van der Waals surface area contributed by atoms with Gasteiger partial charge in [0.2, 0.25) is 5.88 Å². The predicted octanol–water partition coefficient (Wildman–Crippen LogP) is 3.01. The lowest BCUT2D eigenvalue weighted by atomic mass is 10.00. The zero-order chi connectivity index (χ0) is 12.5. The van der Waals surface area contributed by atoms with E-state index >= 15 is 0 Å². The molecular formula is C15H20N2O. The standard InChI is InChI=1S/C15H20N2O/c1-10-4-3-5-13(10)18-15-14-11(2)16-8-6-12(14)7-9-17-15/h7,9-10,13H,3-6,8H2,1-2H3/t10-,13+/m1/s1. The Hall–Kier alpha value is -1.38. The maximum atomic E-state index is 6.16. The van der Waals surface area contributed by atoms with Crippen molar-refractivity contribution in [3.05, 3.63) is 23.4 Å². The average molecular weight is 244 g/mol. The summed E-state index contributed by atoms with van der Waals surface area (Å²) in [7, 11) is 0. The Morgan fingerprint density at radius 3 is 3.00 bits per heavy atom. The summed E-state index contributed by atoms with van der Waals surface area (Å²) < 4.78 is 6.16. The van der Waals surface area contributed by atoms with Gasteiger partial charge in [-0.05, 0) is 50.2 Å². The van der Waals surface area contributed by atoms with Crippen molar-refractivity contribution in [3.63, 3.8) is 0 Å². The third-order valence-corrected chi connectivity index (χ3v) is 4.14. The lowest BCUT2D eigenvalue weighted by Gasteiger charge is -2.22. The van der Waals surface area contributed by atoms with Crippen molar-refractivity contribution in [1.82, 2.24) is 4.98 Å². The summed E-state index contributed by atoms with van der Waals surface area (Å²) in [6, 6.07) is 2.10. The summed E-state index contributed by atoms with van der Waals surface area (Å²) in [6.45, 7) is 5.22. The van der Waals surface area contributed by atoms with E-state index in [2.05, 4.69) is 29.9 Å². The zero-order valence-electron chi connectivity index (χ0n) is 11.1. The number of hydrogen-bond donors (Lipinski definition) is 0. The number of aliphatic imine (C=N–C) groups is 1. The van der Waals surface area contributed by atoms with Crippen LogP contribution in [0.1, 0.15) is 44.2 Å². The summed E-state index contributed by atoms with van der Waals surface area (Å²) in [5.74, 6) is 1.44. The van der Waals surface area contributed by atoms with Crippen molar-refractivity contribution in [2.45, 2.75) is 45.6 Å². The Balaban J connectivity index is 1.91. The van der Waals surface area contributed by atoms with E-state index in [4.69, 9.17) is 4.74 Å². The summed E-state index contributed by atoms with van der Waals surface area (Å²) in [6.07, 6.45) is 6.90. The molecule has 0 unspecified atom stereocenters. The van der Waals surface area contributed by atoms with Crippen LogP contribution in [0.5, 0.6) is 5.88 Å². The molecule has 0 aromatic carbocycles. The van der Waals surface area contributed by atoms with Crippen molar-refractivity contribution in [2.24, 2.45) is 10.9 Å². The molecule has 0 spiro atoms. The minimum atomic E-state index is 0.332. The first-order valence-electron chi connectivity index (χ1n) is 6.91. The fraction of sp³-hybridized carbons (Fsp3) is 0.600. The summed E-state index contributed by atoms with van der Waals surface area (Å²) >= 11 is 0. The predicted molar refractivity (Wildman–Crippen MR) is 72.5 cm³/mol. The van der Waals surface area contributed by atoms with E-state index < -0.39 is 0 Å². The minimum Gasteiger partial charge on any atom is -0.474 e. The maximum absolute atomic E-state index is 6.16. The van der Waals surface area contributed by atoms with E-state index in [-0.39, 0.29) is 0 Å². The van der Waals surface area contributed by atoms with Crippen LogP contribution in [0.25, 0.3) is 0 Å². The van der Waals surface area contributed by atoms with E-state index in [1.54, 1.807) is 0 Å². The molecule has 96 valence electrons. The first-order chi connectivity index (χ1) is 8.75. The molecule has 1 aliphatic carbocycles. The number of pyridine rings is 1. The highest BCUT2D eigenvalue weighted by Crippen LogP contribution is 2.31. The molecule has 2 atom stereocenters. The Labute approximate surface area is 108 Å². The lowest BCUT2D eigenvalue weighted by Crippen LogP contribution is -2.22. The molecule has 1 aliphatic heterocycles. The van der Waals surface area contributed by atoms with Gasteiger partial charge in [-0.15, -0.1) is 0 Å². The smallest absolute Gasteiger partial charge is 0.223 e. The SMILES string of the molecule is CC1=NCCc2ccnc(O[C@H]3CCC[C@H]3C)c21. The summed E-state index contributed by atoms with van der Waals surface area (Å²) in [5, 5.41) is 0. The third-order valence-electron chi connectivity index (χ3n) is 4.14. The molecule has 0 N–H and O–H groups in total. The van der Waals surface area contributed by atoms with Crippen LogP contribution < -0.4 is 4.74 Å². The molecule has 18 heavy (non-hydrogen) atoms. The van der Waals surface area contributed by atoms with Gasteiger partial charge in [-0.1, -0.05) is 6.92 Å². The molecule has 2 aliphatic rings. The van der Waals surface area contributed by atoms with Crippen molar-refractivity contribution in [1.29, 1.82) is 0 Å². The van der Waals surface area contributed by atoms with Crippen LogP contribution in [0.4, 0.5) is 0 Å². The molecule has 1 fully saturated rings. The highest BCUT2D eigenvalue weighted by Gasteiger charge is 2.27. The van der Waals surface area contributed by atoms with Crippen LogP contribution in [0.2, 0.25) is 0 Å². The van der Waals surface area contributed by atoms with Crippen LogP contribution >= 0.6 is 0 Å². The largest absolute Gasteiger partial charge is 0.474 e. The molecule has 1 aromatic rings. The number of fused-ring (bicyclic) bond motifs is 1. The molecular weight excluding hydrogens is 224 g/mol. The van der Waals surface area contributed by atoms with E-state index in [0.717, 1.165) is 36.5 Å². The van der Waals surface area contributed by atoms with Gasteiger partial charge >= 0.3 is 0 Å². The van der Waals surface area contributed by atoms with Crippen LogP contribution in [-0.4, -0.2) is 23.3 Å². The Morgan fingerprint density at radius 2 is 2.22 bits per heavy atom. The average Bonchev–Trinajstić information content (AvgIpc) is 2.76. The summed E-state index contributed by atoms with van der Waals surface area (Å²) in [4.78, 5) is 8.96. The van der Waals surface area contributed by atoms with Crippen molar-refractivity contribution < 1.29 is 4.74 Å². The second kappa shape index (κ2) is 4.71. The first-order valence-corrected chi connectivity index (χ1v) is 6.91. The van der Waals surface area contributed by atoms with Crippen molar-refractivity contribution in [3.8, 4) is 5.88 Å². The number of rotatable bonds is 2. The van der Waals surface area contributed by atoms with Crippen molar-refractivity contribution in [2.75, 3.05) is 6.54 Å². The quantitative estimate of drug-likeness (QED) is 0.801. The van der Waals surface area contributed by atoms with Gasteiger partial charge < -0.3 is 4.74 Å². The molecule has 3 nitrogen and oxygen atoms in total. The topological polar surface area (TPSA) is 34.5 Å². The van der Waals surface area contributed by atoms with Gasteiger partial charge in [0.25, 0.3) is 0 Å². The fourth-order valence-corrected chi connectivity index (χ4v) is 3.02. The fourth-order valence-electron chi connectivity index (χ4n) is 3.02. The van der Waals surface area contributed by atoms with Gasteiger partial charge in [0.05, 0.1) is 5.56 Å². The lowest BCUT2D eigenvalue weighted by molar-refractivity contribution is 0.160. The number of ether oxygens (including phenoxy) is 1. The molecule has 2 heterocycles. The van der Waals surface area contributed by atoms with Gasteiger partial charge in [0.1, 0.15) is 6.10 Å². The summed E-state index contributed by atoms with van der Waals surface area (Å²) in [5.41, 5.74) is 3.55. The number of nitrogens with zero attached hydrogens (tertiary/aromatic N) is 2. The molecule has 3 heteroatoms. The number of hydrogen-bond acceptors (Lipinski definition) is 3. The van der Waals surface area contributed by atoms with E-state index in [9.17, 15) is 0 Å². The van der Waals surface area contributed by atoms with E-state index in [1.165, 1.54) is 18.4 Å². The van der Waals surface area contributed by atoms with Gasteiger partial charge in [0.15, 0.2) is 0 Å². The van der Waals surface area contributed by atoms with Crippen molar-refractivity contribution >= 4 is 5.71 Å². The van der Waals surface area contributed by atoms with Crippen LogP contribution in [-0.2, 0) is 6.42 Å². The van der Waals surface area contributed by atoms with Gasteiger partial charge in [-0.2, -0.15) is 0 Å². The van der Waals surface area contributed by atoms with Crippen LogP contribution in [0.3, 0.4) is 0 Å². The number of aromatic nitrogens is 1. The highest BCUT2D eigenvalue weighted by molar-refractivity contribution is 6.02. The monoisotopic (exact) mass is 244 g/mol. The molecule has 1 saturated carbocycles. The molecule has 3 rings (SSSR count).